The van der Waals surface area contributed by atoms with Crippen molar-refractivity contribution in [1.29, 1.82) is 0 Å². The lowest BCUT2D eigenvalue weighted by Gasteiger charge is -2.27. The van der Waals surface area contributed by atoms with E-state index in [-0.39, 0.29) is 48.1 Å². The Balaban J connectivity index is 0.847. The van der Waals surface area contributed by atoms with Crippen molar-refractivity contribution >= 4 is 58.0 Å². The number of rotatable bonds is 15. The predicted molar refractivity (Wildman–Crippen MR) is 224 cm³/mol. The fourth-order valence-corrected chi connectivity index (χ4v) is 8.18. The van der Waals surface area contributed by atoms with Crippen LogP contribution in [0.5, 0.6) is 11.5 Å². The maximum Gasteiger partial charge on any atom is 0.264 e. The number of para-hydroxylation sites is 1. The minimum absolute atomic E-state index is 0.0498. The summed E-state index contributed by atoms with van der Waals surface area (Å²) in [4.78, 5) is 88.5. The Morgan fingerprint density at radius 1 is 0.902 bits per heavy atom. The number of carbonyl (C=O) groups is 6. The van der Waals surface area contributed by atoms with Crippen LogP contribution in [-0.2, 0) is 19.2 Å². The number of nitrogens with zero attached hydrogens (tertiary/aromatic N) is 6. The van der Waals surface area contributed by atoms with Crippen LogP contribution in [0, 0.1) is 0 Å². The minimum atomic E-state index is -1.03. The predicted octanol–water partition coefficient (Wildman–Crippen LogP) is 4.39. The number of nitrogen functional groups attached to an aromatic ring is 1. The lowest BCUT2D eigenvalue weighted by molar-refractivity contribution is -0.136. The number of anilines is 2. The summed E-state index contributed by atoms with van der Waals surface area (Å²) >= 11 is 0. The van der Waals surface area contributed by atoms with E-state index in [1.807, 2.05) is 54.6 Å². The van der Waals surface area contributed by atoms with E-state index in [2.05, 4.69) is 32.5 Å². The molecule has 0 spiro atoms. The third-order valence-electron chi connectivity index (χ3n) is 11.2. The van der Waals surface area contributed by atoms with Gasteiger partial charge < -0.3 is 26.0 Å². The van der Waals surface area contributed by atoms with E-state index in [0.717, 1.165) is 29.7 Å². The van der Waals surface area contributed by atoms with Crippen molar-refractivity contribution in [2.75, 3.05) is 30.7 Å². The molecule has 3 aromatic carbocycles. The maximum absolute atomic E-state index is 13.6. The molecule has 2 fully saturated rings. The molecular formula is C44H44N10O7. The van der Waals surface area contributed by atoms with Crippen LogP contribution in [0.3, 0.4) is 0 Å². The van der Waals surface area contributed by atoms with Gasteiger partial charge in [0.25, 0.3) is 11.8 Å². The van der Waals surface area contributed by atoms with Crippen molar-refractivity contribution < 1.29 is 33.5 Å². The zero-order valence-corrected chi connectivity index (χ0v) is 33.2. The standard InChI is InChI=1S/C44H44N10O7/c1-2-35(56)52-24-27(54-40-37(39(45)48-25-49-40)38(51-54)26-15-17-29(18-16-26)61-28-11-6-5-7-12-28)23-33(52)41(57)47-22-9-4-3-8-21-46-31-14-10-13-30-36(31)44(60)53(43(30)59)32-19-20-34(55)50-42(32)58/h2,5-7,10-18,25,27,32-33,46H,1,3-4,8-9,19-24H2,(H,47,57)(H2,45,48,49)(H,50,55,58). The molecule has 5 N–H and O–H groups in total. The van der Waals surface area contributed by atoms with Crippen molar-refractivity contribution in [3.63, 3.8) is 0 Å². The van der Waals surface area contributed by atoms with E-state index in [4.69, 9.17) is 15.6 Å². The number of nitrogens with one attached hydrogen (secondary N) is 3. The number of hydrogen-bond acceptors (Lipinski definition) is 12. The number of aromatic nitrogens is 4. The lowest BCUT2D eigenvalue weighted by Crippen LogP contribution is -2.54. The van der Waals surface area contributed by atoms with E-state index in [0.29, 0.717) is 59.8 Å². The van der Waals surface area contributed by atoms with Crippen LogP contribution in [0.2, 0.25) is 0 Å². The number of ether oxygens (including phenoxy) is 1. The van der Waals surface area contributed by atoms with Gasteiger partial charge in [-0.05, 0) is 73.9 Å². The highest BCUT2D eigenvalue weighted by molar-refractivity contribution is 6.25. The average molecular weight is 825 g/mol. The molecule has 3 aliphatic heterocycles. The number of benzene rings is 3. The zero-order valence-electron chi connectivity index (χ0n) is 33.2. The summed E-state index contributed by atoms with van der Waals surface area (Å²) < 4.78 is 7.69. The molecule has 17 nitrogen and oxygen atoms in total. The quantitative estimate of drug-likeness (QED) is 0.0656. The van der Waals surface area contributed by atoms with E-state index in [1.165, 1.54) is 17.3 Å². The summed E-state index contributed by atoms with van der Waals surface area (Å²) in [6.45, 7) is 4.80. The van der Waals surface area contributed by atoms with E-state index in [1.54, 1.807) is 22.9 Å². The first kappa shape index (κ1) is 40.4. The largest absolute Gasteiger partial charge is 0.457 e. The Bertz CT molecular complexity index is 2540. The first-order valence-corrected chi connectivity index (χ1v) is 20.2. The SMILES string of the molecule is C=CC(=O)N1CC(n2nc(-c3ccc(Oc4ccccc4)cc3)c3c(N)ncnc32)CC1C(=O)NCCCCCCNc1cccc2c1C(=O)N(C1CCC(=O)NC1=O)C2=O. The Morgan fingerprint density at radius 2 is 1.66 bits per heavy atom. The third-order valence-corrected chi connectivity index (χ3v) is 11.2. The number of nitrogens with two attached hydrogens (primary N) is 1. The van der Waals surface area contributed by atoms with Crippen molar-refractivity contribution in [2.24, 2.45) is 0 Å². The van der Waals surface area contributed by atoms with Crippen molar-refractivity contribution in [3.8, 4) is 22.8 Å². The summed E-state index contributed by atoms with van der Waals surface area (Å²) in [5, 5.41) is 14.0. The highest BCUT2D eigenvalue weighted by Gasteiger charge is 2.46. The van der Waals surface area contributed by atoms with E-state index in [9.17, 15) is 28.8 Å². The molecule has 8 rings (SSSR count). The first-order chi connectivity index (χ1) is 29.6. The maximum atomic E-state index is 13.6. The molecule has 3 aliphatic rings. The van der Waals surface area contributed by atoms with Gasteiger partial charge in [-0.2, -0.15) is 5.10 Å². The number of fused-ring (bicyclic) bond motifs is 2. The van der Waals surface area contributed by atoms with Crippen LogP contribution in [0.25, 0.3) is 22.3 Å². The molecular weight excluding hydrogens is 781 g/mol. The van der Waals surface area contributed by atoms with Crippen LogP contribution in [0.1, 0.15) is 71.7 Å². The fourth-order valence-electron chi connectivity index (χ4n) is 8.18. The minimum Gasteiger partial charge on any atom is -0.457 e. The highest BCUT2D eigenvalue weighted by atomic mass is 16.5. The topological polar surface area (TPSA) is 224 Å². The molecule has 0 saturated carbocycles. The average Bonchev–Trinajstić information content (AvgIpc) is 3.95. The number of likely N-dealkylation sites (tertiary alicyclic amines) is 1. The van der Waals surface area contributed by atoms with Gasteiger partial charge in [0.05, 0.1) is 22.6 Å². The molecule has 17 heteroatoms. The molecule has 3 atom stereocenters. The normalized spacial score (nSPS) is 18.6. The van der Waals surface area contributed by atoms with Crippen LogP contribution < -0.4 is 26.4 Å². The van der Waals surface area contributed by atoms with E-state index < -0.39 is 41.8 Å². The van der Waals surface area contributed by atoms with Crippen LogP contribution >= 0.6 is 0 Å². The van der Waals surface area contributed by atoms with Gasteiger partial charge in [0, 0.05) is 43.7 Å². The number of hydrogen-bond donors (Lipinski definition) is 4. The second kappa shape index (κ2) is 17.4. The molecule has 312 valence electrons. The van der Waals surface area contributed by atoms with Gasteiger partial charge in [0.15, 0.2) is 5.65 Å². The molecule has 2 aromatic heterocycles. The Morgan fingerprint density at radius 3 is 2.41 bits per heavy atom. The number of piperidine rings is 1. The summed E-state index contributed by atoms with van der Waals surface area (Å²) in [7, 11) is 0. The van der Waals surface area contributed by atoms with E-state index >= 15 is 0 Å². The lowest BCUT2D eigenvalue weighted by atomic mass is 10.0. The molecule has 2 saturated heterocycles. The number of imide groups is 2. The molecule has 0 aliphatic carbocycles. The van der Waals surface area contributed by atoms with Gasteiger partial charge in [-0.25, -0.2) is 14.6 Å². The molecule has 0 bridgehead atoms. The second-order valence-corrected chi connectivity index (χ2v) is 15.1. The Kier molecular flexibility index (Phi) is 11.5. The van der Waals surface area contributed by atoms with Gasteiger partial charge >= 0.3 is 0 Å². The van der Waals surface area contributed by atoms with Gasteiger partial charge in [-0.15, -0.1) is 0 Å². The summed E-state index contributed by atoms with van der Waals surface area (Å²) in [5.74, 6) is -1.22. The van der Waals surface area contributed by atoms with Crippen molar-refractivity contribution in [1.82, 2.24) is 40.2 Å². The van der Waals surface area contributed by atoms with Crippen LogP contribution in [-0.4, -0.2) is 96.7 Å². The summed E-state index contributed by atoms with van der Waals surface area (Å²) in [6, 6.07) is 19.7. The summed E-state index contributed by atoms with van der Waals surface area (Å²) in [6.07, 6.45) is 6.08. The number of amides is 6. The molecule has 61 heavy (non-hydrogen) atoms. The highest BCUT2D eigenvalue weighted by Crippen LogP contribution is 2.37. The Hall–Kier alpha value is -7.43. The molecule has 3 unspecified atom stereocenters. The van der Waals surface area contributed by atoms with Gasteiger partial charge in [0.2, 0.25) is 23.6 Å². The Labute approximate surface area is 350 Å². The first-order valence-electron chi connectivity index (χ1n) is 20.2. The van der Waals surface area contributed by atoms with Crippen LogP contribution in [0.4, 0.5) is 11.5 Å². The molecule has 5 heterocycles. The second-order valence-electron chi connectivity index (χ2n) is 15.1. The zero-order chi connectivity index (χ0) is 42.6. The van der Waals surface area contributed by atoms with Gasteiger partial charge in [0.1, 0.15) is 41.4 Å². The van der Waals surface area contributed by atoms with Gasteiger partial charge in [-0.3, -0.25) is 39.0 Å². The van der Waals surface area contributed by atoms with Crippen molar-refractivity contribution in [3.05, 3.63) is 103 Å². The van der Waals surface area contributed by atoms with Crippen LogP contribution in [0.15, 0.2) is 91.8 Å². The number of unbranched alkanes of at least 4 members (excludes halogenated alkanes) is 3. The monoisotopic (exact) mass is 824 g/mol. The van der Waals surface area contributed by atoms with Crippen molar-refractivity contribution in [2.45, 2.75) is 63.1 Å². The molecule has 5 aromatic rings. The number of carbonyl (C=O) groups excluding carboxylic acids is 6. The smallest absolute Gasteiger partial charge is 0.264 e. The summed E-state index contributed by atoms with van der Waals surface area (Å²) in [5.41, 5.74) is 9.15. The molecule has 6 amide bonds. The van der Waals surface area contributed by atoms with Gasteiger partial charge in [-0.1, -0.05) is 43.7 Å². The fraction of sp³-hybridized carbons (Fsp3) is 0.295. The molecule has 0 radical (unpaired) electrons. The third kappa shape index (κ3) is 8.13.